The smallest absolute Gasteiger partial charge is 0.464 e. The third kappa shape index (κ3) is 3.56. The second-order valence-electron chi connectivity index (χ2n) is 2.94. The van der Waals surface area contributed by atoms with E-state index >= 15 is 0 Å². The van der Waals surface area contributed by atoms with Gasteiger partial charge in [-0.2, -0.15) is 0 Å². The minimum Gasteiger partial charge on any atom is -0.464 e. The number of carbonyl (C=O) groups excluding carboxylic acids is 1. The van der Waals surface area contributed by atoms with Crippen LogP contribution in [0.3, 0.4) is 0 Å². The van der Waals surface area contributed by atoms with Crippen molar-refractivity contribution in [2.45, 2.75) is 11.7 Å². The molecule has 0 bridgehead atoms. The number of pyridine rings is 1. The molecule has 4 nitrogen and oxygen atoms in total. The lowest BCUT2D eigenvalue weighted by Gasteiger charge is -2.12. The van der Waals surface area contributed by atoms with Crippen molar-refractivity contribution in [3.63, 3.8) is 0 Å². The number of esters is 1. The van der Waals surface area contributed by atoms with Gasteiger partial charge in [0, 0.05) is 11.4 Å². The number of aromatic nitrogens is 1. The topological polar surface area (TPSA) is 48.4 Å². The Kier molecular flexibility index (Phi) is 4.49. The van der Waals surface area contributed by atoms with E-state index in [1.165, 1.54) is 0 Å². The van der Waals surface area contributed by atoms with Gasteiger partial charge in [0.2, 0.25) is 0 Å². The highest BCUT2D eigenvalue weighted by Gasteiger charge is 2.33. The van der Waals surface area contributed by atoms with Gasteiger partial charge in [0.1, 0.15) is 0 Å². The van der Waals surface area contributed by atoms with Gasteiger partial charge >= 0.3 is 12.3 Å². The van der Waals surface area contributed by atoms with Crippen molar-refractivity contribution >= 4 is 21.9 Å². The van der Waals surface area contributed by atoms with Gasteiger partial charge in [-0.15, -0.1) is 13.2 Å². The third-order valence-corrected chi connectivity index (χ3v) is 2.27. The van der Waals surface area contributed by atoms with Crippen molar-refractivity contribution in [3.05, 3.63) is 23.3 Å². The minimum atomic E-state index is -5.07. The first-order chi connectivity index (χ1) is 8.28. The van der Waals surface area contributed by atoms with E-state index in [0.717, 1.165) is 7.11 Å². The molecule has 0 radical (unpaired) electrons. The summed E-state index contributed by atoms with van der Waals surface area (Å²) in [7, 11) is 1.02. The zero-order valence-corrected chi connectivity index (χ0v) is 10.4. The number of carbonyl (C=O) groups is 1. The Labute approximate surface area is 107 Å². The van der Waals surface area contributed by atoms with Crippen LogP contribution in [0.25, 0.3) is 0 Å². The molecule has 0 N–H and O–H groups in total. The van der Waals surface area contributed by atoms with Gasteiger partial charge in [0.05, 0.1) is 12.8 Å². The molecule has 1 aromatic heterocycles. The van der Waals surface area contributed by atoms with Gasteiger partial charge in [-0.1, -0.05) is 15.9 Å². The fourth-order valence-corrected chi connectivity index (χ4v) is 1.42. The average Bonchev–Trinajstić information content (AvgIpc) is 2.29. The summed E-state index contributed by atoms with van der Waals surface area (Å²) in [5, 5.41) is -0.183. The van der Waals surface area contributed by atoms with Gasteiger partial charge in [-0.3, -0.25) is 0 Å². The first kappa shape index (κ1) is 14.7. The average molecular weight is 332 g/mol. The second kappa shape index (κ2) is 5.51. The van der Waals surface area contributed by atoms with E-state index < -0.39 is 35.3 Å². The maximum atomic E-state index is 13.5. The molecule has 0 aliphatic heterocycles. The van der Waals surface area contributed by atoms with E-state index in [0.29, 0.717) is 6.07 Å². The van der Waals surface area contributed by atoms with E-state index in [9.17, 15) is 22.4 Å². The van der Waals surface area contributed by atoms with Crippen LogP contribution in [0.15, 0.2) is 6.07 Å². The summed E-state index contributed by atoms with van der Waals surface area (Å²) in [6, 6.07) is 0.529. The van der Waals surface area contributed by atoms with Crippen LogP contribution in [-0.2, 0) is 10.1 Å². The Morgan fingerprint density at radius 2 is 2.11 bits per heavy atom. The lowest BCUT2D eigenvalue weighted by molar-refractivity contribution is -0.275. The van der Waals surface area contributed by atoms with Crippen LogP contribution in [0.1, 0.15) is 16.2 Å². The normalized spacial score (nSPS) is 11.2. The third-order valence-electron chi connectivity index (χ3n) is 1.74. The van der Waals surface area contributed by atoms with E-state index in [1.54, 1.807) is 0 Å². The summed E-state index contributed by atoms with van der Waals surface area (Å²) in [6.45, 7) is 0. The van der Waals surface area contributed by atoms with Gasteiger partial charge in [0.25, 0.3) is 0 Å². The number of ether oxygens (including phenoxy) is 2. The van der Waals surface area contributed by atoms with Gasteiger partial charge in [-0.25, -0.2) is 14.2 Å². The quantitative estimate of drug-likeness (QED) is 0.485. The summed E-state index contributed by atoms with van der Waals surface area (Å²) < 4.78 is 57.3. The number of rotatable bonds is 3. The zero-order chi connectivity index (χ0) is 13.9. The lowest BCUT2D eigenvalue weighted by atomic mass is 10.2. The lowest BCUT2D eigenvalue weighted by Crippen LogP contribution is -2.19. The second-order valence-corrected chi connectivity index (χ2v) is 3.50. The van der Waals surface area contributed by atoms with Crippen LogP contribution in [-0.4, -0.2) is 24.4 Å². The van der Waals surface area contributed by atoms with E-state index in [4.69, 9.17) is 0 Å². The molecule has 0 aliphatic carbocycles. The fraction of sp³-hybridized carbons (Fsp3) is 0.333. The molecular weight excluding hydrogens is 326 g/mol. The molecule has 0 saturated heterocycles. The van der Waals surface area contributed by atoms with Crippen molar-refractivity contribution < 1.29 is 31.8 Å². The van der Waals surface area contributed by atoms with Crippen LogP contribution in [0.5, 0.6) is 5.75 Å². The predicted octanol–water partition coefficient (Wildman–Crippen LogP) is 2.80. The van der Waals surface area contributed by atoms with Crippen LogP contribution in [0.2, 0.25) is 0 Å². The number of hydrogen-bond acceptors (Lipinski definition) is 4. The maximum Gasteiger partial charge on any atom is 0.573 e. The summed E-state index contributed by atoms with van der Waals surface area (Å²) in [6.07, 6.45) is -5.07. The SMILES string of the molecule is COC(=O)c1cc(OC(F)(F)F)c(F)c(CBr)n1. The summed E-state index contributed by atoms with van der Waals surface area (Å²) in [4.78, 5) is 14.7. The van der Waals surface area contributed by atoms with Crippen LogP contribution in [0.4, 0.5) is 17.6 Å². The molecule has 1 rings (SSSR count). The molecule has 0 fully saturated rings. The molecule has 0 aromatic carbocycles. The molecule has 0 spiro atoms. The van der Waals surface area contributed by atoms with E-state index in [2.05, 4.69) is 30.4 Å². The molecule has 0 unspecified atom stereocenters. The minimum absolute atomic E-state index is 0.183. The van der Waals surface area contributed by atoms with Crippen molar-refractivity contribution in [2.75, 3.05) is 7.11 Å². The Hall–Kier alpha value is -1.38. The highest BCUT2D eigenvalue weighted by molar-refractivity contribution is 9.08. The van der Waals surface area contributed by atoms with Gasteiger partial charge in [0.15, 0.2) is 17.3 Å². The van der Waals surface area contributed by atoms with Crippen LogP contribution in [0, 0.1) is 5.82 Å². The highest BCUT2D eigenvalue weighted by atomic mass is 79.9. The maximum absolute atomic E-state index is 13.5. The summed E-state index contributed by atoms with van der Waals surface area (Å²) >= 11 is 2.84. The molecule has 0 amide bonds. The molecule has 1 aromatic rings. The molecule has 0 atom stereocenters. The van der Waals surface area contributed by atoms with Crippen LogP contribution < -0.4 is 4.74 Å². The number of methoxy groups -OCH3 is 1. The van der Waals surface area contributed by atoms with E-state index in [1.807, 2.05) is 0 Å². The van der Waals surface area contributed by atoms with Crippen molar-refractivity contribution in [3.8, 4) is 5.75 Å². The first-order valence-electron chi connectivity index (χ1n) is 4.38. The molecule has 100 valence electrons. The Morgan fingerprint density at radius 3 is 2.56 bits per heavy atom. The molecule has 0 saturated carbocycles. The molecular formula is C9H6BrF4NO3. The molecule has 18 heavy (non-hydrogen) atoms. The predicted molar refractivity (Wildman–Crippen MR) is 54.8 cm³/mol. The number of halogens is 5. The summed E-state index contributed by atoms with van der Waals surface area (Å²) in [5.41, 5.74) is -0.871. The van der Waals surface area contributed by atoms with Crippen LogP contribution >= 0.6 is 15.9 Å². The van der Waals surface area contributed by atoms with Gasteiger partial charge in [-0.05, 0) is 0 Å². The van der Waals surface area contributed by atoms with Crippen molar-refractivity contribution in [2.24, 2.45) is 0 Å². The number of hydrogen-bond donors (Lipinski definition) is 0. The Bertz CT molecular complexity index is 464. The van der Waals surface area contributed by atoms with Crippen molar-refractivity contribution in [1.82, 2.24) is 4.98 Å². The van der Waals surface area contributed by atoms with Crippen molar-refractivity contribution in [1.29, 1.82) is 0 Å². The highest BCUT2D eigenvalue weighted by Crippen LogP contribution is 2.28. The zero-order valence-electron chi connectivity index (χ0n) is 8.85. The molecule has 1 heterocycles. The summed E-state index contributed by atoms with van der Waals surface area (Å²) in [5.74, 6) is -3.42. The molecule has 9 heteroatoms. The Balaban J connectivity index is 3.27. The molecule has 0 aliphatic rings. The fourth-order valence-electron chi connectivity index (χ4n) is 1.05. The number of alkyl halides is 4. The standard InChI is InChI=1S/C9H6BrF4NO3/c1-17-8(16)4-2-6(18-9(12,13)14)7(11)5(3-10)15-4/h2H,3H2,1H3. The monoisotopic (exact) mass is 331 g/mol. The Morgan fingerprint density at radius 1 is 1.50 bits per heavy atom. The largest absolute Gasteiger partial charge is 0.573 e. The van der Waals surface area contributed by atoms with E-state index in [-0.39, 0.29) is 5.33 Å². The number of nitrogens with zero attached hydrogens (tertiary/aromatic N) is 1. The van der Waals surface area contributed by atoms with Gasteiger partial charge < -0.3 is 9.47 Å². The first-order valence-corrected chi connectivity index (χ1v) is 5.50.